The molecule has 150 valence electrons. The van der Waals surface area contributed by atoms with Gasteiger partial charge in [0.25, 0.3) is 0 Å². The standard InChI is InChI=1S/C27H19ClN2O/c28-22-14-15-23-25(16-22)31-24-13-7-12-21(26(23)24)18-30-27(20-10-5-2-6-11-20)29-17-19-8-3-1-4-9-19/h1-16,18H,17H2/b29-27-,30-18+. The molecule has 0 saturated heterocycles. The minimum atomic E-state index is 0.569. The third kappa shape index (κ3) is 4.14. The van der Waals surface area contributed by atoms with Crippen LogP contribution in [-0.2, 0) is 6.54 Å². The predicted molar refractivity (Wildman–Crippen MR) is 129 cm³/mol. The molecule has 0 aliphatic heterocycles. The van der Waals surface area contributed by atoms with E-state index in [1.165, 1.54) is 0 Å². The van der Waals surface area contributed by atoms with Gasteiger partial charge in [-0.2, -0.15) is 0 Å². The summed E-state index contributed by atoms with van der Waals surface area (Å²) in [4.78, 5) is 9.59. The molecule has 0 N–H and O–H groups in total. The lowest BCUT2D eigenvalue weighted by atomic mass is 10.1. The number of halogens is 1. The first kappa shape index (κ1) is 19.3. The van der Waals surface area contributed by atoms with Crippen molar-refractivity contribution in [2.75, 3.05) is 0 Å². The van der Waals surface area contributed by atoms with Gasteiger partial charge in [0, 0.05) is 39.2 Å². The molecular formula is C27H19ClN2O. The molecule has 0 atom stereocenters. The second-order valence-electron chi connectivity index (χ2n) is 7.21. The highest BCUT2D eigenvalue weighted by atomic mass is 35.5. The zero-order valence-electron chi connectivity index (χ0n) is 16.7. The van der Waals surface area contributed by atoms with Gasteiger partial charge in [-0.25, -0.2) is 4.99 Å². The first-order valence-corrected chi connectivity index (χ1v) is 10.4. The van der Waals surface area contributed by atoms with Gasteiger partial charge in [-0.3, -0.25) is 4.99 Å². The summed E-state index contributed by atoms with van der Waals surface area (Å²) in [5, 5.41) is 2.69. The fourth-order valence-electron chi connectivity index (χ4n) is 3.61. The van der Waals surface area contributed by atoms with E-state index in [2.05, 4.69) is 12.1 Å². The smallest absolute Gasteiger partial charge is 0.154 e. The van der Waals surface area contributed by atoms with Gasteiger partial charge in [0.05, 0.1) is 6.54 Å². The predicted octanol–water partition coefficient (Wildman–Crippen LogP) is 7.31. The van der Waals surface area contributed by atoms with Crippen LogP contribution >= 0.6 is 11.6 Å². The lowest BCUT2D eigenvalue weighted by Crippen LogP contribution is -1.99. The van der Waals surface area contributed by atoms with Crippen LogP contribution in [-0.4, -0.2) is 12.1 Å². The number of amidine groups is 1. The minimum Gasteiger partial charge on any atom is -0.456 e. The monoisotopic (exact) mass is 422 g/mol. The number of benzene rings is 4. The van der Waals surface area contributed by atoms with Crippen molar-refractivity contribution in [3.8, 4) is 0 Å². The molecular weight excluding hydrogens is 404 g/mol. The Labute approximate surface area is 185 Å². The number of fused-ring (bicyclic) bond motifs is 3. The molecule has 0 aliphatic rings. The van der Waals surface area contributed by atoms with E-state index < -0.39 is 0 Å². The van der Waals surface area contributed by atoms with Gasteiger partial charge in [-0.15, -0.1) is 0 Å². The Kier molecular flexibility index (Phi) is 5.34. The highest BCUT2D eigenvalue weighted by Crippen LogP contribution is 2.32. The van der Waals surface area contributed by atoms with Crippen LogP contribution < -0.4 is 0 Å². The van der Waals surface area contributed by atoms with Crippen molar-refractivity contribution >= 4 is 45.6 Å². The van der Waals surface area contributed by atoms with Gasteiger partial charge < -0.3 is 4.42 Å². The van der Waals surface area contributed by atoms with Crippen LogP contribution in [0.5, 0.6) is 0 Å². The lowest BCUT2D eigenvalue weighted by Gasteiger charge is -2.03. The van der Waals surface area contributed by atoms with Gasteiger partial charge in [0.15, 0.2) is 5.84 Å². The molecule has 5 rings (SSSR count). The van der Waals surface area contributed by atoms with E-state index in [4.69, 9.17) is 26.0 Å². The molecule has 0 unspecified atom stereocenters. The normalized spacial score (nSPS) is 12.2. The fourth-order valence-corrected chi connectivity index (χ4v) is 3.77. The van der Waals surface area contributed by atoms with Crippen LogP contribution in [0.1, 0.15) is 16.7 Å². The maximum absolute atomic E-state index is 6.14. The molecule has 0 radical (unpaired) electrons. The Hall–Kier alpha value is -3.69. The molecule has 5 aromatic rings. The molecule has 3 nitrogen and oxygen atoms in total. The van der Waals surface area contributed by atoms with Crippen molar-refractivity contribution in [1.29, 1.82) is 0 Å². The summed E-state index contributed by atoms with van der Waals surface area (Å²) in [5.41, 5.74) is 4.67. The van der Waals surface area contributed by atoms with Gasteiger partial charge in [-0.05, 0) is 23.8 Å². The number of rotatable bonds is 4. The Morgan fingerprint density at radius 3 is 2.39 bits per heavy atom. The average Bonchev–Trinajstić information content (AvgIpc) is 3.18. The molecule has 1 aromatic heterocycles. The maximum Gasteiger partial charge on any atom is 0.154 e. The average molecular weight is 423 g/mol. The SMILES string of the molecule is Clc1ccc2c(c1)oc1cccc(/C=N/C(=N\Cc3ccccc3)c3ccccc3)c12. The summed E-state index contributed by atoms with van der Waals surface area (Å²) >= 11 is 6.14. The summed E-state index contributed by atoms with van der Waals surface area (Å²) in [7, 11) is 0. The van der Waals surface area contributed by atoms with Crippen molar-refractivity contribution in [3.05, 3.63) is 119 Å². The van der Waals surface area contributed by atoms with E-state index in [0.29, 0.717) is 17.4 Å². The van der Waals surface area contributed by atoms with Crippen molar-refractivity contribution in [3.63, 3.8) is 0 Å². The number of nitrogens with zero attached hydrogens (tertiary/aromatic N) is 2. The third-order valence-corrected chi connectivity index (χ3v) is 5.34. The van der Waals surface area contributed by atoms with Gasteiger partial charge in [0.2, 0.25) is 0 Å². The van der Waals surface area contributed by atoms with Crippen LogP contribution in [0.4, 0.5) is 0 Å². The number of furan rings is 1. The van der Waals surface area contributed by atoms with Crippen LogP contribution in [0.15, 0.2) is 111 Å². The molecule has 0 spiro atoms. The molecule has 0 amide bonds. The number of hydrogen-bond acceptors (Lipinski definition) is 2. The Bertz CT molecular complexity index is 1400. The molecule has 1 heterocycles. The second kappa shape index (κ2) is 8.58. The van der Waals surface area contributed by atoms with Crippen molar-refractivity contribution in [2.45, 2.75) is 6.54 Å². The summed E-state index contributed by atoms with van der Waals surface area (Å²) in [6.07, 6.45) is 1.86. The van der Waals surface area contributed by atoms with E-state index in [-0.39, 0.29) is 0 Å². The first-order valence-electron chi connectivity index (χ1n) is 10.1. The quantitative estimate of drug-likeness (QED) is 0.221. The Morgan fingerprint density at radius 1 is 0.806 bits per heavy atom. The zero-order valence-corrected chi connectivity index (χ0v) is 17.5. The number of aliphatic imine (C=N–C) groups is 2. The minimum absolute atomic E-state index is 0.569. The Balaban J connectivity index is 1.57. The van der Waals surface area contributed by atoms with Crippen molar-refractivity contribution in [1.82, 2.24) is 0 Å². The van der Waals surface area contributed by atoms with Crippen LogP contribution in [0, 0.1) is 0 Å². The molecule has 0 bridgehead atoms. The fraction of sp³-hybridized carbons (Fsp3) is 0.0370. The molecule has 31 heavy (non-hydrogen) atoms. The third-order valence-electron chi connectivity index (χ3n) is 5.10. The Morgan fingerprint density at radius 2 is 1.58 bits per heavy atom. The topological polar surface area (TPSA) is 37.9 Å². The number of hydrogen-bond donors (Lipinski definition) is 0. The van der Waals surface area contributed by atoms with Crippen LogP contribution in [0.25, 0.3) is 21.9 Å². The second-order valence-corrected chi connectivity index (χ2v) is 7.65. The maximum atomic E-state index is 6.14. The van der Waals surface area contributed by atoms with Gasteiger partial charge >= 0.3 is 0 Å². The summed E-state index contributed by atoms with van der Waals surface area (Å²) in [6, 6.07) is 31.9. The van der Waals surface area contributed by atoms with Crippen molar-refractivity contribution in [2.24, 2.45) is 9.98 Å². The first-order chi connectivity index (χ1) is 15.3. The molecule has 0 saturated carbocycles. The van der Waals surface area contributed by atoms with E-state index >= 15 is 0 Å². The van der Waals surface area contributed by atoms with Gasteiger partial charge in [0.1, 0.15) is 11.2 Å². The van der Waals surface area contributed by atoms with E-state index in [1.54, 1.807) is 0 Å². The molecule has 4 heteroatoms. The van der Waals surface area contributed by atoms with E-state index in [0.717, 1.165) is 38.6 Å². The van der Waals surface area contributed by atoms with E-state index in [9.17, 15) is 0 Å². The summed E-state index contributed by atoms with van der Waals surface area (Å²) < 4.78 is 5.99. The lowest BCUT2D eigenvalue weighted by molar-refractivity contribution is 0.669. The summed E-state index contributed by atoms with van der Waals surface area (Å²) in [5.74, 6) is 0.692. The highest BCUT2D eigenvalue weighted by molar-refractivity contribution is 6.31. The molecule has 0 fully saturated rings. The highest BCUT2D eigenvalue weighted by Gasteiger charge is 2.11. The van der Waals surface area contributed by atoms with Crippen LogP contribution in [0.3, 0.4) is 0 Å². The summed E-state index contributed by atoms with van der Waals surface area (Å²) in [6.45, 7) is 0.569. The van der Waals surface area contributed by atoms with Crippen molar-refractivity contribution < 1.29 is 4.42 Å². The van der Waals surface area contributed by atoms with Gasteiger partial charge in [-0.1, -0.05) is 84.4 Å². The largest absolute Gasteiger partial charge is 0.456 e. The van der Waals surface area contributed by atoms with E-state index in [1.807, 2.05) is 91.1 Å². The molecule has 0 aliphatic carbocycles. The zero-order chi connectivity index (χ0) is 21.0. The molecule has 4 aromatic carbocycles. The van der Waals surface area contributed by atoms with Crippen LogP contribution in [0.2, 0.25) is 5.02 Å².